The van der Waals surface area contributed by atoms with E-state index < -0.39 is 0 Å². The van der Waals surface area contributed by atoms with E-state index in [0.29, 0.717) is 6.04 Å². The van der Waals surface area contributed by atoms with Crippen molar-refractivity contribution in [3.63, 3.8) is 0 Å². The number of nitrogens with zero attached hydrogens (tertiary/aromatic N) is 1. The van der Waals surface area contributed by atoms with Crippen molar-refractivity contribution in [2.45, 2.75) is 51.1 Å². The number of allylic oxidation sites excluding steroid dienone is 1. The monoisotopic (exact) mass is 196 g/mol. The zero-order valence-electron chi connectivity index (χ0n) is 9.58. The minimum atomic E-state index is 0.277. The van der Waals surface area contributed by atoms with Crippen LogP contribution in [0.1, 0.15) is 39.0 Å². The van der Waals surface area contributed by atoms with Gasteiger partial charge < -0.3 is 5.73 Å². The molecule has 1 aliphatic carbocycles. The van der Waals surface area contributed by atoms with Crippen LogP contribution in [0.15, 0.2) is 12.2 Å². The second kappa shape index (κ2) is 6.20. The molecule has 0 aromatic carbocycles. The van der Waals surface area contributed by atoms with Crippen LogP contribution in [-0.4, -0.2) is 30.6 Å². The number of hydrogen-bond donors (Lipinski definition) is 1. The molecule has 2 N–H and O–H groups in total. The van der Waals surface area contributed by atoms with Gasteiger partial charge in [0, 0.05) is 18.6 Å². The summed E-state index contributed by atoms with van der Waals surface area (Å²) in [5, 5.41) is 0. The van der Waals surface area contributed by atoms with Gasteiger partial charge in [-0.15, -0.1) is 0 Å². The Morgan fingerprint density at radius 2 is 2.21 bits per heavy atom. The van der Waals surface area contributed by atoms with Gasteiger partial charge in [-0.25, -0.2) is 0 Å². The standard InChI is InChI=1S/C12H24N2/c1-11(13)10-14(2)12-8-6-4-3-5-7-9-12/h6,8,11-12H,3-5,7,9-10,13H2,1-2H3/b8-6-. The molecule has 2 heteroatoms. The van der Waals surface area contributed by atoms with Crippen LogP contribution in [0.2, 0.25) is 0 Å². The van der Waals surface area contributed by atoms with Gasteiger partial charge in [0.2, 0.25) is 0 Å². The summed E-state index contributed by atoms with van der Waals surface area (Å²) in [4.78, 5) is 2.38. The highest BCUT2D eigenvalue weighted by molar-refractivity contribution is 4.95. The summed E-state index contributed by atoms with van der Waals surface area (Å²) in [6.45, 7) is 3.07. The van der Waals surface area contributed by atoms with E-state index in [1.54, 1.807) is 0 Å². The van der Waals surface area contributed by atoms with Crippen LogP contribution in [-0.2, 0) is 0 Å². The Morgan fingerprint density at radius 1 is 1.43 bits per heavy atom. The summed E-state index contributed by atoms with van der Waals surface area (Å²) in [5.74, 6) is 0. The Morgan fingerprint density at radius 3 is 2.93 bits per heavy atom. The van der Waals surface area contributed by atoms with Crippen molar-refractivity contribution in [2.75, 3.05) is 13.6 Å². The van der Waals surface area contributed by atoms with Crippen LogP contribution in [0.4, 0.5) is 0 Å². The molecule has 0 aromatic heterocycles. The zero-order valence-corrected chi connectivity index (χ0v) is 9.58. The third-order valence-corrected chi connectivity index (χ3v) is 2.87. The lowest BCUT2D eigenvalue weighted by Crippen LogP contribution is -2.39. The van der Waals surface area contributed by atoms with Gasteiger partial charge in [0.25, 0.3) is 0 Å². The fraction of sp³-hybridized carbons (Fsp3) is 0.833. The van der Waals surface area contributed by atoms with Gasteiger partial charge in [0.15, 0.2) is 0 Å². The molecule has 1 rings (SSSR count). The van der Waals surface area contributed by atoms with E-state index in [1.807, 2.05) is 0 Å². The first-order chi connectivity index (χ1) is 6.70. The van der Waals surface area contributed by atoms with E-state index in [4.69, 9.17) is 5.73 Å². The fourth-order valence-electron chi connectivity index (χ4n) is 2.10. The number of rotatable bonds is 3. The van der Waals surface area contributed by atoms with Crippen molar-refractivity contribution in [1.82, 2.24) is 4.90 Å². The van der Waals surface area contributed by atoms with Gasteiger partial charge in [-0.3, -0.25) is 4.90 Å². The molecule has 0 aromatic rings. The number of hydrogen-bond acceptors (Lipinski definition) is 2. The van der Waals surface area contributed by atoms with Crippen molar-refractivity contribution in [1.29, 1.82) is 0 Å². The van der Waals surface area contributed by atoms with Crippen LogP contribution in [0.25, 0.3) is 0 Å². The second-order valence-corrected chi connectivity index (χ2v) is 4.55. The second-order valence-electron chi connectivity index (χ2n) is 4.55. The van der Waals surface area contributed by atoms with Crippen LogP contribution in [0.5, 0.6) is 0 Å². The summed E-state index contributed by atoms with van der Waals surface area (Å²) in [5.41, 5.74) is 5.80. The zero-order chi connectivity index (χ0) is 10.4. The van der Waals surface area contributed by atoms with Crippen molar-refractivity contribution < 1.29 is 0 Å². The largest absolute Gasteiger partial charge is 0.327 e. The van der Waals surface area contributed by atoms with E-state index in [9.17, 15) is 0 Å². The maximum atomic E-state index is 5.80. The summed E-state index contributed by atoms with van der Waals surface area (Å²) >= 11 is 0. The Kier molecular flexibility index (Phi) is 5.20. The SMILES string of the molecule is CC(N)CN(C)C1/C=C\CCCCC1. The first-order valence-electron chi connectivity index (χ1n) is 5.82. The molecular weight excluding hydrogens is 172 g/mol. The van der Waals surface area contributed by atoms with Crippen LogP contribution >= 0.6 is 0 Å². The molecule has 2 unspecified atom stereocenters. The van der Waals surface area contributed by atoms with Crippen molar-refractivity contribution in [2.24, 2.45) is 5.73 Å². The maximum Gasteiger partial charge on any atom is 0.0275 e. The third-order valence-electron chi connectivity index (χ3n) is 2.87. The average Bonchev–Trinajstić information content (AvgIpc) is 2.00. The molecule has 0 spiro atoms. The molecule has 2 nitrogen and oxygen atoms in total. The molecule has 2 atom stereocenters. The minimum absolute atomic E-state index is 0.277. The maximum absolute atomic E-state index is 5.80. The smallest absolute Gasteiger partial charge is 0.0275 e. The Bertz CT molecular complexity index is 175. The van der Waals surface area contributed by atoms with Crippen molar-refractivity contribution in [3.8, 4) is 0 Å². The highest BCUT2D eigenvalue weighted by Gasteiger charge is 2.13. The first kappa shape index (κ1) is 11.7. The molecule has 0 fully saturated rings. The van der Waals surface area contributed by atoms with Gasteiger partial charge in [0.05, 0.1) is 0 Å². The lowest BCUT2D eigenvalue weighted by atomic mass is 10.0. The Hall–Kier alpha value is -0.340. The molecule has 0 radical (unpaired) electrons. The lowest BCUT2D eigenvalue weighted by Gasteiger charge is -2.28. The van der Waals surface area contributed by atoms with E-state index in [-0.39, 0.29) is 6.04 Å². The number of likely N-dealkylation sites (N-methyl/N-ethyl adjacent to an activating group) is 1. The van der Waals surface area contributed by atoms with Gasteiger partial charge in [-0.05, 0) is 33.2 Å². The van der Waals surface area contributed by atoms with Crippen LogP contribution in [0, 0.1) is 0 Å². The predicted octanol–water partition coefficient (Wildman–Crippen LogP) is 2.15. The predicted molar refractivity (Wildman–Crippen MR) is 62.3 cm³/mol. The molecule has 14 heavy (non-hydrogen) atoms. The third kappa shape index (κ3) is 4.25. The summed E-state index contributed by atoms with van der Waals surface area (Å²) in [6, 6.07) is 0.889. The lowest BCUT2D eigenvalue weighted by molar-refractivity contribution is 0.251. The van der Waals surface area contributed by atoms with Gasteiger partial charge in [0.1, 0.15) is 0 Å². The molecule has 82 valence electrons. The number of nitrogens with two attached hydrogens (primary N) is 1. The fourth-order valence-corrected chi connectivity index (χ4v) is 2.10. The molecular formula is C12H24N2. The van der Waals surface area contributed by atoms with E-state index in [1.165, 1.54) is 32.1 Å². The molecule has 0 saturated heterocycles. The molecule has 0 bridgehead atoms. The quantitative estimate of drug-likeness (QED) is 0.701. The van der Waals surface area contributed by atoms with E-state index in [0.717, 1.165) is 6.54 Å². The van der Waals surface area contributed by atoms with Crippen LogP contribution in [0.3, 0.4) is 0 Å². The topological polar surface area (TPSA) is 29.3 Å². The highest BCUT2D eigenvalue weighted by atomic mass is 15.1. The van der Waals surface area contributed by atoms with E-state index in [2.05, 4.69) is 31.0 Å². The molecule has 0 aliphatic heterocycles. The van der Waals surface area contributed by atoms with Crippen molar-refractivity contribution >= 4 is 0 Å². The average molecular weight is 196 g/mol. The molecule has 0 saturated carbocycles. The first-order valence-corrected chi connectivity index (χ1v) is 5.82. The van der Waals surface area contributed by atoms with E-state index >= 15 is 0 Å². The minimum Gasteiger partial charge on any atom is -0.327 e. The molecule has 1 aliphatic rings. The Labute approximate surface area is 88.2 Å². The summed E-state index contributed by atoms with van der Waals surface area (Å²) < 4.78 is 0. The molecule has 0 heterocycles. The van der Waals surface area contributed by atoms with Crippen molar-refractivity contribution in [3.05, 3.63) is 12.2 Å². The molecule has 0 amide bonds. The normalized spacial score (nSPS) is 28.1. The van der Waals surface area contributed by atoms with Gasteiger partial charge in [-0.1, -0.05) is 25.0 Å². The summed E-state index contributed by atoms with van der Waals surface area (Å²) in [7, 11) is 2.18. The van der Waals surface area contributed by atoms with Gasteiger partial charge in [-0.2, -0.15) is 0 Å². The Balaban J connectivity index is 2.42. The van der Waals surface area contributed by atoms with Gasteiger partial charge >= 0.3 is 0 Å². The summed E-state index contributed by atoms with van der Waals surface area (Å²) in [6.07, 6.45) is 11.3. The van der Waals surface area contributed by atoms with Crippen LogP contribution < -0.4 is 5.73 Å². The highest BCUT2D eigenvalue weighted by Crippen LogP contribution is 2.15.